The molecule has 1 aliphatic rings. The molecule has 0 amide bonds. The van der Waals surface area contributed by atoms with Crippen LogP contribution >= 0.6 is 35.6 Å². The highest BCUT2D eigenvalue weighted by Gasteiger charge is 2.33. The Labute approximate surface area is 160 Å². The lowest BCUT2D eigenvalue weighted by Crippen LogP contribution is -2.46. The van der Waals surface area contributed by atoms with Crippen LogP contribution in [0.25, 0.3) is 0 Å². The van der Waals surface area contributed by atoms with E-state index in [1.54, 1.807) is 6.07 Å². The van der Waals surface area contributed by atoms with Crippen molar-refractivity contribution >= 4 is 35.6 Å². The van der Waals surface area contributed by atoms with Crippen LogP contribution < -0.4 is 10.6 Å². The molecule has 2 N–H and O–H groups in total. The predicted molar refractivity (Wildman–Crippen MR) is 106 cm³/mol. The Hall–Kier alpha value is -0.770. The first-order valence-electron chi connectivity index (χ1n) is 8.10. The molecule has 0 aromatic heterocycles. The van der Waals surface area contributed by atoms with Crippen molar-refractivity contribution in [3.63, 3.8) is 0 Å². The van der Waals surface area contributed by atoms with Crippen LogP contribution in [-0.4, -0.2) is 19.6 Å². The third-order valence-electron chi connectivity index (χ3n) is 4.66. The molecule has 1 aliphatic heterocycles. The number of benzene rings is 2. The van der Waals surface area contributed by atoms with Crippen molar-refractivity contribution in [2.75, 3.05) is 19.6 Å². The van der Waals surface area contributed by atoms with Gasteiger partial charge in [0.25, 0.3) is 0 Å². The molecule has 2 nitrogen and oxygen atoms in total. The molecule has 1 heterocycles. The Morgan fingerprint density at radius 2 is 1.58 bits per heavy atom. The lowest BCUT2D eigenvalue weighted by atomic mass is 9.73. The summed E-state index contributed by atoms with van der Waals surface area (Å²) in [5, 5.41) is 8.47. The predicted octanol–water partition coefficient (Wildman–Crippen LogP) is 4.83. The highest BCUT2D eigenvalue weighted by molar-refractivity contribution is 6.34. The van der Waals surface area contributed by atoms with Gasteiger partial charge in [0.2, 0.25) is 0 Å². The summed E-state index contributed by atoms with van der Waals surface area (Å²) in [4.78, 5) is 0. The van der Waals surface area contributed by atoms with Crippen molar-refractivity contribution in [1.29, 1.82) is 0 Å². The van der Waals surface area contributed by atoms with Gasteiger partial charge in [0.15, 0.2) is 0 Å². The first-order valence-corrected chi connectivity index (χ1v) is 8.86. The highest BCUT2D eigenvalue weighted by atomic mass is 35.5. The fraction of sp³-hybridized carbons (Fsp3) is 0.368. The maximum absolute atomic E-state index is 6.08. The van der Waals surface area contributed by atoms with E-state index < -0.39 is 0 Å². The van der Waals surface area contributed by atoms with Crippen molar-refractivity contribution < 1.29 is 0 Å². The number of halogens is 3. The van der Waals surface area contributed by atoms with Crippen molar-refractivity contribution in [3.05, 3.63) is 69.7 Å². The van der Waals surface area contributed by atoms with Crippen LogP contribution in [-0.2, 0) is 12.0 Å². The zero-order chi connectivity index (χ0) is 16.1. The molecular formula is C19H23Cl3N2. The van der Waals surface area contributed by atoms with Crippen LogP contribution in [0.4, 0.5) is 0 Å². The molecule has 5 heteroatoms. The topological polar surface area (TPSA) is 24.1 Å². The number of hydrogen-bond donors (Lipinski definition) is 2. The van der Waals surface area contributed by atoms with Gasteiger partial charge in [-0.05, 0) is 55.3 Å². The average Bonchev–Trinajstić information content (AvgIpc) is 2.56. The molecule has 0 bridgehead atoms. The van der Waals surface area contributed by atoms with Crippen LogP contribution in [0, 0.1) is 0 Å². The van der Waals surface area contributed by atoms with Gasteiger partial charge in [-0.1, -0.05) is 53.5 Å². The second kappa shape index (κ2) is 9.07. The summed E-state index contributed by atoms with van der Waals surface area (Å²) in [5.41, 5.74) is 2.76. The third-order valence-corrected chi connectivity index (χ3v) is 5.10. The fourth-order valence-electron chi connectivity index (χ4n) is 3.42. The van der Waals surface area contributed by atoms with Gasteiger partial charge < -0.3 is 10.6 Å². The van der Waals surface area contributed by atoms with Gasteiger partial charge in [0, 0.05) is 28.5 Å². The second-order valence-corrected chi connectivity index (χ2v) is 7.15. The fourth-order valence-corrected chi connectivity index (χ4v) is 3.99. The van der Waals surface area contributed by atoms with E-state index in [1.807, 2.05) is 12.1 Å². The third kappa shape index (κ3) is 4.87. The second-order valence-electron chi connectivity index (χ2n) is 6.28. The zero-order valence-electron chi connectivity index (χ0n) is 13.5. The van der Waals surface area contributed by atoms with E-state index in [9.17, 15) is 0 Å². The number of piperidine rings is 1. The number of rotatable bonds is 5. The molecule has 3 rings (SSSR count). The van der Waals surface area contributed by atoms with Crippen LogP contribution in [0.15, 0.2) is 48.5 Å². The van der Waals surface area contributed by atoms with Crippen LogP contribution in [0.1, 0.15) is 24.0 Å². The Morgan fingerprint density at radius 3 is 2.21 bits per heavy atom. The van der Waals surface area contributed by atoms with Crippen molar-refractivity contribution in [3.8, 4) is 0 Å². The van der Waals surface area contributed by atoms with Gasteiger partial charge in [-0.15, -0.1) is 12.4 Å². The van der Waals surface area contributed by atoms with Crippen LogP contribution in [0.2, 0.25) is 10.0 Å². The first kappa shape index (κ1) is 19.6. The summed E-state index contributed by atoms with van der Waals surface area (Å²) in [7, 11) is 0. The van der Waals surface area contributed by atoms with Gasteiger partial charge >= 0.3 is 0 Å². The molecule has 2 aromatic carbocycles. The maximum atomic E-state index is 6.08. The normalized spacial score (nSPS) is 16.4. The minimum atomic E-state index is 0. The Kier molecular flexibility index (Phi) is 7.39. The largest absolute Gasteiger partial charge is 0.317 e. The molecule has 2 aromatic rings. The van der Waals surface area contributed by atoms with E-state index in [0.29, 0.717) is 10.0 Å². The summed E-state index contributed by atoms with van der Waals surface area (Å²) in [6, 6.07) is 16.6. The van der Waals surface area contributed by atoms with E-state index in [2.05, 4.69) is 41.0 Å². The Bertz CT molecular complexity index is 620. The summed E-state index contributed by atoms with van der Waals surface area (Å²) < 4.78 is 0. The maximum Gasteiger partial charge on any atom is 0.0424 e. The number of nitrogens with one attached hydrogen (secondary N) is 2. The summed E-state index contributed by atoms with van der Waals surface area (Å²) in [6.07, 6.45) is 2.31. The summed E-state index contributed by atoms with van der Waals surface area (Å²) >= 11 is 12.2. The first-order chi connectivity index (χ1) is 11.2. The summed E-state index contributed by atoms with van der Waals surface area (Å²) in [5.74, 6) is 0. The lowest BCUT2D eigenvalue weighted by Gasteiger charge is -2.38. The average molecular weight is 386 g/mol. The quantitative estimate of drug-likeness (QED) is 0.770. The molecular weight excluding hydrogens is 363 g/mol. The molecule has 0 aliphatic carbocycles. The molecule has 0 radical (unpaired) electrons. The van der Waals surface area contributed by atoms with Crippen molar-refractivity contribution in [2.45, 2.75) is 24.8 Å². The van der Waals surface area contributed by atoms with Crippen LogP contribution in [0.5, 0.6) is 0 Å². The molecule has 0 spiro atoms. The van der Waals surface area contributed by atoms with Gasteiger partial charge in [-0.2, -0.15) is 0 Å². The zero-order valence-corrected chi connectivity index (χ0v) is 15.9. The summed E-state index contributed by atoms with van der Waals surface area (Å²) in [6.45, 7) is 3.88. The molecule has 0 saturated carbocycles. The minimum Gasteiger partial charge on any atom is -0.317 e. The smallest absolute Gasteiger partial charge is 0.0424 e. The molecule has 0 unspecified atom stereocenters. The van der Waals surface area contributed by atoms with Crippen molar-refractivity contribution in [1.82, 2.24) is 10.6 Å². The monoisotopic (exact) mass is 384 g/mol. The van der Waals surface area contributed by atoms with Gasteiger partial charge in [0.05, 0.1) is 0 Å². The van der Waals surface area contributed by atoms with E-state index in [1.165, 1.54) is 5.56 Å². The highest BCUT2D eigenvalue weighted by Crippen LogP contribution is 2.33. The SMILES string of the molecule is Cl.Clc1cc(Cl)cc(CNCC2(c3ccccc3)CCNCC2)c1. The molecule has 24 heavy (non-hydrogen) atoms. The Balaban J connectivity index is 0.00000208. The van der Waals surface area contributed by atoms with Crippen LogP contribution in [0.3, 0.4) is 0 Å². The van der Waals surface area contributed by atoms with E-state index in [0.717, 1.165) is 44.6 Å². The van der Waals surface area contributed by atoms with Gasteiger partial charge in [0.1, 0.15) is 0 Å². The lowest BCUT2D eigenvalue weighted by molar-refractivity contribution is 0.293. The minimum absolute atomic E-state index is 0. The standard InChI is InChI=1S/C19H22Cl2N2.ClH/c20-17-10-15(11-18(21)12-17)13-23-14-19(6-8-22-9-7-19)16-4-2-1-3-5-16;/h1-5,10-12,22-23H,6-9,13-14H2;1H. The molecule has 1 fully saturated rings. The van der Waals surface area contributed by atoms with E-state index in [-0.39, 0.29) is 17.8 Å². The van der Waals surface area contributed by atoms with Crippen molar-refractivity contribution in [2.24, 2.45) is 0 Å². The molecule has 130 valence electrons. The van der Waals surface area contributed by atoms with Gasteiger partial charge in [-0.3, -0.25) is 0 Å². The van der Waals surface area contributed by atoms with E-state index in [4.69, 9.17) is 23.2 Å². The molecule has 1 saturated heterocycles. The number of hydrogen-bond acceptors (Lipinski definition) is 2. The molecule has 0 atom stereocenters. The van der Waals surface area contributed by atoms with E-state index >= 15 is 0 Å². The Morgan fingerprint density at radius 1 is 0.958 bits per heavy atom. The van der Waals surface area contributed by atoms with Gasteiger partial charge in [-0.25, -0.2) is 0 Å².